The summed E-state index contributed by atoms with van der Waals surface area (Å²) in [7, 11) is 1.68. The van der Waals surface area contributed by atoms with E-state index in [1.807, 2.05) is 20.8 Å². The van der Waals surface area contributed by atoms with Crippen molar-refractivity contribution in [1.29, 1.82) is 0 Å². The molecule has 0 spiro atoms. The fourth-order valence-electron chi connectivity index (χ4n) is 0. The van der Waals surface area contributed by atoms with Gasteiger partial charge in [0.05, 0.1) is 0 Å². The van der Waals surface area contributed by atoms with Crippen LogP contribution in [-0.2, 0) is 4.74 Å². The van der Waals surface area contributed by atoms with Crippen molar-refractivity contribution in [2.24, 2.45) is 0 Å². The third-order valence-corrected chi connectivity index (χ3v) is 0.289. The average Bonchev–Trinajstić information content (AvgIpc) is 1.65. The van der Waals surface area contributed by atoms with E-state index in [1.165, 1.54) is 5.57 Å². The molecule has 0 aromatic rings. The number of hydrogen-bond donors (Lipinski definition) is 0. The Morgan fingerprint density at radius 2 is 1.62 bits per heavy atom. The van der Waals surface area contributed by atoms with Crippen LogP contribution in [0.15, 0.2) is 12.2 Å². The van der Waals surface area contributed by atoms with Crippen molar-refractivity contribution in [3.8, 4) is 0 Å². The van der Waals surface area contributed by atoms with Crippen molar-refractivity contribution in [2.45, 2.75) is 20.8 Å². The first kappa shape index (κ1) is 10.6. The van der Waals surface area contributed by atoms with Gasteiger partial charge in [0.1, 0.15) is 0 Å². The zero-order valence-electron chi connectivity index (χ0n) is 6.32. The molecule has 1 nitrogen and oxygen atoms in total. The topological polar surface area (TPSA) is 9.23 Å². The SMILES string of the molecule is C=C(C)C.CCOC. The van der Waals surface area contributed by atoms with Gasteiger partial charge in [-0.2, -0.15) is 0 Å². The van der Waals surface area contributed by atoms with Crippen molar-refractivity contribution >= 4 is 0 Å². The molecule has 8 heavy (non-hydrogen) atoms. The Morgan fingerprint density at radius 3 is 1.62 bits per heavy atom. The van der Waals surface area contributed by atoms with E-state index in [0.717, 1.165) is 6.61 Å². The zero-order valence-corrected chi connectivity index (χ0v) is 6.32. The molecular formula is C7H16O. The third kappa shape index (κ3) is 257. The zero-order chi connectivity index (χ0) is 6.99. The molecule has 0 rings (SSSR count). The monoisotopic (exact) mass is 116 g/mol. The van der Waals surface area contributed by atoms with Gasteiger partial charge in [0.15, 0.2) is 0 Å². The number of hydrogen-bond acceptors (Lipinski definition) is 1. The summed E-state index contributed by atoms with van der Waals surface area (Å²) in [5.41, 5.74) is 1.17. The molecule has 0 radical (unpaired) electrons. The minimum atomic E-state index is 0.819. The van der Waals surface area contributed by atoms with Crippen LogP contribution in [0.1, 0.15) is 20.8 Å². The van der Waals surface area contributed by atoms with Gasteiger partial charge in [0.25, 0.3) is 0 Å². The summed E-state index contributed by atoms with van der Waals surface area (Å²) in [5.74, 6) is 0. The number of rotatable bonds is 1. The van der Waals surface area contributed by atoms with Crippen molar-refractivity contribution < 1.29 is 4.74 Å². The van der Waals surface area contributed by atoms with Crippen molar-refractivity contribution in [1.82, 2.24) is 0 Å². The molecular weight excluding hydrogens is 100 g/mol. The van der Waals surface area contributed by atoms with Crippen LogP contribution in [-0.4, -0.2) is 13.7 Å². The summed E-state index contributed by atoms with van der Waals surface area (Å²) in [6, 6.07) is 0. The van der Waals surface area contributed by atoms with Crippen molar-refractivity contribution in [3.05, 3.63) is 12.2 Å². The van der Waals surface area contributed by atoms with E-state index in [0.29, 0.717) is 0 Å². The number of methoxy groups -OCH3 is 1. The second-order valence-corrected chi connectivity index (χ2v) is 1.78. The minimum Gasteiger partial charge on any atom is -0.385 e. The summed E-state index contributed by atoms with van der Waals surface area (Å²) < 4.78 is 4.54. The summed E-state index contributed by atoms with van der Waals surface area (Å²) in [5, 5.41) is 0. The van der Waals surface area contributed by atoms with Crippen LogP contribution in [0.2, 0.25) is 0 Å². The summed E-state index contributed by atoms with van der Waals surface area (Å²) >= 11 is 0. The second kappa shape index (κ2) is 9.85. The first-order valence-electron chi connectivity index (χ1n) is 2.76. The predicted molar refractivity (Wildman–Crippen MR) is 38.0 cm³/mol. The van der Waals surface area contributed by atoms with Crippen LogP contribution in [0, 0.1) is 0 Å². The highest BCUT2D eigenvalue weighted by Crippen LogP contribution is 1.73. The maximum absolute atomic E-state index is 4.54. The largest absolute Gasteiger partial charge is 0.385 e. The Bertz CT molecular complexity index is 42.3. The van der Waals surface area contributed by atoms with Crippen LogP contribution in [0.3, 0.4) is 0 Å². The highest BCUT2D eigenvalue weighted by atomic mass is 16.5. The van der Waals surface area contributed by atoms with E-state index < -0.39 is 0 Å². The summed E-state index contributed by atoms with van der Waals surface area (Å²) in [6.07, 6.45) is 0. The van der Waals surface area contributed by atoms with E-state index in [1.54, 1.807) is 7.11 Å². The quantitative estimate of drug-likeness (QED) is 0.477. The lowest BCUT2D eigenvalue weighted by molar-refractivity contribution is 0.215. The maximum atomic E-state index is 4.54. The maximum Gasteiger partial charge on any atom is 0.0433 e. The molecule has 0 atom stereocenters. The lowest BCUT2D eigenvalue weighted by Crippen LogP contribution is -1.73. The van der Waals surface area contributed by atoms with Crippen LogP contribution in [0.25, 0.3) is 0 Å². The van der Waals surface area contributed by atoms with Gasteiger partial charge in [-0.25, -0.2) is 0 Å². The van der Waals surface area contributed by atoms with Crippen molar-refractivity contribution in [3.63, 3.8) is 0 Å². The Hall–Kier alpha value is -0.300. The molecule has 1 heteroatoms. The Labute approximate surface area is 52.4 Å². The van der Waals surface area contributed by atoms with Crippen LogP contribution >= 0.6 is 0 Å². The van der Waals surface area contributed by atoms with E-state index in [4.69, 9.17) is 0 Å². The summed E-state index contributed by atoms with van der Waals surface area (Å²) in [6.45, 7) is 10.3. The molecule has 0 aliphatic heterocycles. The van der Waals surface area contributed by atoms with Gasteiger partial charge in [0, 0.05) is 13.7 Å². The molecule has 50 valence electrons. The highest BCUT2D eigenvalue weighted by Gasteiger charge is 1.52. The Balaban J connectivity index is 0. The lowest BCUT2D eigenvalue weighted by Gasteiger charge is -1.76. The molecule has 0 saturated heterocycles. The second-order valence-electron chi connectivity index (χ2n) is 1.78. The molecule has 0 aromatic carbocycles. The van der Waals surface area contributed by atoms with Crippen molar-refractivity contribution in [2.75, 3.05) is 13.7 Å². The van der Waals surface area contributed by atoms with Gasteiger partial charge in [0.2, 0.25) is 0 Å². The van der Waals surface area contributed by atoms with E-state index in [2.05, 4.69) is 11.3 Å². The first-order valence-corrected chi connectivity index (χ1v) is 2.76. The molecule has 0 aliphatic rings. The van der Waals surface area contributed by atoms with E-state index in [-0.39, 0.29) is 0 Å². The van der Waals surface area contributed by atoms with Gasteiger partial charge in [-0.05, 0) is 20.8 Å². The van der Waals surface area contributed by atoms with Crippen LogP contribution < -0.4 is 0 Å². The van der Waals surface area contributed by atoms with E-state index in [9.17, 15) is 0 Å². The first-order chi connectivity index (χ1) is 3.65. The molecule has 0 aromatic heterocycles. The molecule has 0 saturated carbocycles. The molecule has 0 N–H and O–H groups in total. The molecule has 0 heterocycles. The Kier molecular flexibility index (Phi) is 13.1. The Morgan fingerprint density at radius 1 is 1.50 bits per heavy atom. The standard InChI is InChI=1S/C4H8.C3H8O/c1-4(2)3;1-3-4-2/h1H2,2-3H3;3H2,1-2H3. The van der Waals surface area contributed by atoms with Gasteiger partial charge in [-0.15, -0.1) is 6.58 Å². The van der Waals surface area contributed by atoms with Gasteiger partial charge in [-0.3, -0.25) is 0 Å². The third-order valence-electron chi connectivity index (χ3n) is 0.289. The molecule has 0 fully saturated rings. The predicted octanol–water partition coefficient (Wildman–Crippen LogP) is 2.24. The summed E-state index contributed by atoms with van der Waals surface area (Å²) in [4.78, 5) is 0. The lowest BCUT2D eigenvalue weighted by atomic mass is 10.4. The highest BCUT2D eigenvalue weighted by molar-refractivity contribution is 4.78. The molecule has 0 aliphatic carbocycles. The van der Waals surface area contributed by atoms with Gasteiger partial charge >= 0.3 is 0 Å². The van der Waals surface area contributed by atoms with E-state index >= 15 is 0 Å². The van der Waals surface area contributed by atoms with Crippen LogP contribution in [0.5, 0.6) is 0 Å². The number of ether oxygens (including phenoxy) is 1. The molecule has 0 amide bonds. The average molecular weight is 116 g/mol. The fourth-order valence-corrected chi connectivity index (χ4v) is 0. The molecule has 0 unspecified atom stereocenters. The minimum absolute atomic E-state index is 0.819. The fraction of sp³-hybridized carbons (Fsp3) is 0.714. The number of allylic oxidation sites excluding steroid dienone is 1. The normalized spacial score (nSPS) is 7.00. The molecule has 0 bridgehead atoms. The smallest absolute Gasteiger partial charge is 0.0433 e. The van der Waals surface area contributed by atoms with Gasteiger partial charge < -0.3 is 4.74 Å². The van der Waals surface area contributed by atoms with Gasteiger partial charge in [-0.1, -0.05) is 5.57 Å². The van der Waals surface area contributed by atoms with Crippen LogP contribution in [0.4, 0.5) is 0 Å².